The third-order valence-electron chi connectivity index (χ3n) is 4.85. The van der Waals surface area contributed by atoms with Crippen molar-refractivity contribution in [2.45, 2.75) is 45.6 Å². The van der Waals surface area contributed by atoms with Gasteiger partial charge in [-0.15, -0.1) is 0 Å². The van der Waals surface area contributed by atoms with Crippen LogP contribution in [0.4, 0.5) is 0 Å². The Hall–Kier alpha value is -1.35. The monoisotopic (exact) mass is 288 g/mol. The second-order valence-corrected chi connectivity index (χ2v) is 6.26. The second kappa shape index (κ2) is 7.60. The van der Waals surface area contributed by atoms with Crippen LogP contribution in [0.15, 0.2) is 30.3 Å². The first-order valence-electron chi connectivity index (χ1n) is 8.22. The van der Waals surface area contributed by atoms with E-state index in [9.17, 15) is 4.79 Å². The molecule has 21 heavy (non-hydrogen) atoms. The molecule has 0 aromatic heterocycles. The predicted molar refractivity (Wildman–Crippen MR) is 86.7 cm³/mol. The fraction of sp³-hybridized carbons (Fsp3) is 0.611. The van der Waals surface area contributed by atoms with E-state index in [1.807, 2.05) is 42.2 Å². The van der Waals surface area contributed by atoms with E-state index in [0.29, 0.717) is 0 Å². The number of nitrogens with zero attached hydrogens (tertiary/aromatic N) is 1. The van der Waals surface area contributed by atoms with Crippen LogP contribution in [0, 0.1) is 11.8 Å². The Labute approximate surface area is 128 Å². The molecule has 0 bridgehead atoms. The van der Waals surface area contributed by atoms with Gasteiger partial charge in [0.05, 0.1) is 5.92 Å². The maximum atomic E-state index is 12.7. The number of carbonyl (C=O) groups excluding carboxylic acids is 1. The zero-order valence-electron chi connectivity index (χ0n) is 13.3. The predicted octanol–water partition coefficient (Wildman–Crippen LogP) is 3.36. The molecule has 3 nitrogen and oxygen atoms in total. The molecule has 2 N–H and O–H groups in total. The Morgan fingerprint density at radius 1 is 1.29 bits per heavy atom. The van der Waals surface area contributed by atoms with Gasteiger partial charge in [-0.05, 0) is 30.7 Å². The maximum Gasteiger partial charge on any atom is 0.227 e. The van der Waals surface area contributed by atoms with Crippen LogP contribution >= 0.6 is 0 Å². The van der Waals surface area contributed by atoms with Crippen LogP contribution in [0.2, 0.25) is 0 Å². The lowest BCUT2D eigenvalue weighted by Gasteiger charge is -2.27. The van der Waals surface area contributed by atoms with Gasteiger partial charge in [0.15, 0.2) is 0 Å². The Morgan fingerprint density at radius 2 is 2.00 bits per heavy atom. The Morgan fingerprint density at radius 3 is 2.67 bits per heavy atom. The minimum absolute atomic E-state index is 0.162. The van der Waals surface area contributed by atoms with Gasteiger partial charge in [-0.3, -0.25) is 4.79 Å². The van der Waals surface area contributed by atoms with Crippen molar-refractivity contribution in [3.8, 4) is 0 Å². The first-order chi connectivity index (χ1) is 10.1. The van der Waals surface area contributed by atoms with Crippen molar-refractivity contribution in [1.82, 2.24) is 4.90 Å². The number of carbonyl (C=O) groups is 1. The Kier molecular flexibility index (Phi) is 5.80. The van der Waals surface area contributed by atoms with Crippen LogP contribution in [0.25, 0.3) is 0 Å². The molecule has 0 saturated carbocycles. The minimum atomic E-state index is -0.219. The number of likely N-dealkylation sites (tertiary alicyclic amines) is 1. The molecule has 3 heteroatoms. The summed E-state index contributed by atoms with van der Waals surface area (Å²) >= 11 is 0. The average Bonchev–Trinajstić information content (AvgIpc) is 2.79. The molecule has 1 aliphatic heterocycles. The van der Waals surface area contributed by atoms with Crippen LogP contribution in [0.3, 0.4) is 0 Å². The molecular weight excluding hydrogens is 260 g/mol. The second-order valence-electron chi connectivity index (χ2n) is 6.26. The van der Waals surface area contributed by atoms with Gasteiger partial charge in [0, 0.05) is 19.1 Å². The fourth-order valence-corrected chi connectivity index (χ4v) is 3.20. The highest BCUT2D eigenvalue weighted by molar-refractivity contribution is 5.79. The molecule has 3 unspecified atom stereocenters. The molecule has 0 aliphatic carbocycles. The third kappa shape index (κ3) is 4.07. The minimum Gasteiger partial charge on any atom is -0.342 e. The van der Waals surface area contributed by atoms with Crippen LogP contribution in [-0.4, -0.2) is 23.9 Å². The highest BCUT2D eigenvalue weighted by atomic mass is 16.2. The summed E-state index contributed by atoms with van der Waals surface area (Å²) in [5.74, 6) is 0.828. The number of rotatable bonds is 4. The lowest BCUT2D eigenvalue weighted by molar-refractivity contribution is -0.135. The van der Waals surface area contributed by atoms with E-state index >= 15 is 0 Å². The lowest BCUT2D eigenvalue weighted by atomic mass is 9.94. The van der Waals surface area contributed by atoms with Gasteiger partial charge in [0.25, 0.3) is 0 Å². The van der Waals surface area contributed by atoms with E-state index in [-0.39, 0.29) is 17.9 Å². The van der Waals surface area contributed by atoms with Gasteiger partial charge in [0.2, 0.25) is 5.91 Å². The Balaban J connectivity index is 1.98. The molecular formula is C18H28N2O. The van der Waals surface area contributed by atoms with Gasteiger partial charge < -0.3 is 10.6 Å². The molecule has 1 heterocycles. The van der Waals surface area contributed by atoms with Crippen molar-refractivity contribution in [1.29, 1.82) is 0 Å². The molecule has 1 saturated heterocycles. The average molecular weight is 288 g/mol. The van der Waals surface area contributed by atoms with E-state index in [2.05, 4.69) is 6.92 Å². The zero-order chi connectivity index (χ0) is 15.2. The summed E-state index contributed by atoms with van der Waals surface area (Å²) in [6, 6.07) is 9.72. The number of benzene rings is 1. The van der Waals surface area contributed by atoms with E-state index in [0.717, 1.165) is 37.4 Å². The molecule has 1 aromatic carbocycles. The van der Waals surface area contributed by atoms with Crippen molar-refractivity contribution in [2.24, 2.45) is 17.6 Å². The van der Waals surface area contributed by atoms with E-state index in [1.165, 1.54) is 12.8 Å². The van der Waals surface area contributed by atoms with Gasteiger partial charge >= 0.3 is 0 Å². The standard InChI is InChI=1S/C18H28N2O/c1-3-15-8-7-12-20(13-11-15)18(21)14(2)17(19)16-9-5-4-6-10-16/h4-6,9-10,14-15,17H,3,7-8,11-13,19H2,1-2H3. The van der Waals surface area contributed by atoms with E-state index in [4.69, 9.17) is 5.73 Å². The van der Waals surface area contributed by atoms with Crippen LogP contribution in [-0.2, 0) is 4.79 Å². The molecule has 116 valence electrons. The summed E-state index contributed by atoms with van der Waals surface area (Å²) in [5, 5.41) is 0. The number of hydrogen-bond acceptors (Lipinski definition) is 2. The number of hydrogen-bond donors (Lipinski definition) is 1. The smallest absolute Gasteiger partial charge is 0.227 e. The van der Waals surface area contributed by atoms with Crippen LogP contribution in [0.5, 0.6) is 0 Å². The molecule has 0 radical (unpaired) electrons. The zero-order valence-corrected chi connectivity index (χ0v) is 13.3. The number of amides is 1. The van der Waals surface area contributed by atoms with Crippen LogP contribution < -0.4 is 5.73 Å². The highest BCUT2D eigenvalue weighted by Gasteiger charge is 2.28. The largest absolute Gasteiger partial charge is 0.342 e. The van der Waals surface area contributed by atoms with Crippen molar-refractivity contribution in [2.75, 3.05) is 13.1 Å². The molecule has 2 rings (SSSR count). The van der Waals surface area contributed by atoms with E-state index < -0.39 is 0 Å². The van der Waals surface area contributed by atoms with Crippen molar-refractivity contribution in [3.05, 3.63) is 35.9 Å². The van der Waals surface area contributed by atoms with Crippen molar-refractivity contribution < 1.29 is 4.79 Å². The lowest BCUT2D eigenvalue weighted by Crippen LogP contribution is -2.40. The van der Waals surface area contributed by atoms with Crippen LogP contribution in [0.1, 0.15) is 51.1 Å². The van der Waals surface area contributed by atoms with Gasteiger partial charge in [-0.2, -0.15) is 0 Å². The topological polar surface area (TPSA) is 46.3 Å². The summed E-state index contributed by atoms with van der Waals surface area (Å²) in [6.45, 7) is 5.99. The first kappa shape index (κ1) is 16.0. The molecule has 1 amide bonds. The van der Waals surface area contributed by atoms with Crippen molar-refractivity contribution in [3.63, 3.8) is 0 Å². The fourth-order valence-electron chi connectivity index (χ4n) is 3.20. The summed E-state index contributed by atoms with van der Waals surface area (Å²) in [4.78, 5) is 14.7. The SMILES string of the molecule is CCC1CCCN(C(=O)C(C)C(N)c2ccccc2)CC1. The molecule has 0 spiro atoms. The third-order valence-corrected chi connectivity index (χ3v) is 4.85. The maximum absolute atomic E-state index is 12.7. The summed E-state index contributed by atoms with van der Waals surface area (Å²) < 4.78 is 0. The van der Waals surface area contributed by atoms with Gasteiger partial charge in [0.1, 0.15) is 0 Å². The normalized spacial score (nSPS) is 22.4. The molecule has 1 fully saturated rings. The highest BCUT2D eigenvalue weighted by Crippen LogP contribution is 2.25. The van der Waals surface area contributed by atoms with Crippen molar-refractivity contribution >= 4 is 5.91 Å². The summed E-state index contributed by atoms with van der Waals surface area (Å²) in [7, 11) is 0. The van der Waals surface area contributed by atoms with Gasteiger partial charge in [-0.25, -0.2) is 0 Å². The quantitative estimate of drug-likeness (QED) is 0.923. The molecule has 1 aromatic rings. The molecule has 1 aliphatic rings. The molecule has 3 atom stereocenters. The van der Waals surface area contributed by atoms with Gasteiger partial charge in [-0.1, -0.05) is 50.6 Å². The van der Waals surface area contributed by atoms with E-state index in [1.54, 1.807) is 0 Å². The first-order valence-corrected chi connectivity index (χ1v) is 8.22. The number of nitrogens with two attached hydrogens (primary N) is 1. The Bertz CT molecular complexity index is 446. The summed E-state index contributed by atoms with van der Waals surface area (Å²) in [6.07, 6.45) is 4.73. The summed E-state index contributed by atoms with van der Waals surface area (Å²) in [5.41, 5.74) is 7.33.